The molecule has 1 saturated carbocycles. The molecule has 0 spiro atoms. The molecule has 0 unspecified atom stereocenters. The Bertz CT molecular complexity index is 771. The fourth-order valence-electron chi connectivity index (χ4n) is 2.87. The standard InChI is InChI=1S/C9H11NO2.C9H8O.C7H13.K/c1-7-3-4-8(10-6-11)5-9(7)12-2;1-7-4-3-5-9(6-10)8(7)2;1-7-5-3-2-4-6-7;/h3-6H,1-2H3,(H,10,11);3-5H,2H2,1H3;2,7H,3-6H2,1H3;/q;-2;-1;+1. The summed E-state index contributed by atoms with van der Waals surface area (Å²) in [5, 5.41) is 2.55. The van der Waals surface area contributed by atoms with Crippen LogP contribution in [0.4, 0.5) is 5.69 Å². The quantitative estimate of drug-likeness (QED) is 0.458. The molecule has 0 radical (unpaired) electrons. The monoisotopic (exact) mass is 433 g/mol. The topological polar surface area (TPSA) is 55.4 Å². The van der Waals surface area contributed by atoms with Crippen LogP contribution in [0.15, 0.2) is 36.4 Å². The van der Waals surface area contributed by atoms with Gasteiger partial charge in [-0.2, -0.15) is 12.8 Å². The van der Waals surface area contributed by atoms with Crippen molar-refractivity contribution in [2.24, 2.45) is 5.92 Å². The number of methoxy groups -OCH3 is 1. The first-order valence-corrected chi connectivity index (χ1v) is 9.89. The number of anilines is 1. The predicted molar refractivity (Wildman–Crippen MR) is 120 cm³/mol. The second-order valence-corrected chi connectivity index (χ2v) is 7.20. The summed E-state index contributed by atoms with van der Waals surface area (Å²) in [6.07, 6.45) is 10.5. The first-order valence-electron chi connectivity index (χ1n) is 9.89. The van der Waals surface area contributed by atoms with E-state index in [4.69, 9.17) is 4.74 Å². The molecule has 0 atom stereocenters. The second kappa shape index (κ2) is 16.6. The summed E-state index contributed by atoms with van der Waals surface area (Å²) in [6.45, 7) is 9.94. The molecule has 0 bridgehead atoms. The number of carbonyl (C=O) groups excluding carboxylic acids is 2. The Balaban J connectivity index is 0.000000427. The van der Waals surface area contributed by atoms with E-state index in [0.29, 0.717) is 12.0 Å². The first kappa shape index (κ1) is 28.9. The Morgan fingerprint density at radius 1 is 1.17 bits per heavy atom. The van der Waals surface area contributed by atoms with Gasteiger partial charge in [-0.1, -0.05) is 32.8 Å². The maximum absolute atomic E-state index is 10.2. The minimum atomic E-state index is 0. The van der Waals surface area contributed by atoms with Gasteiger partial charge in [0, 0.05) is 11.8 Å². The molecule has 0 aliphatic heterocycles. The molecule has 0 aromatic heterocycles. The van der Waals surface area contributed by atoms with Gasteiger partial charge in [0.05, 0.1) is 7.11 Å². The van der Waals surface area contributed by atoms with Crippen LogP contribution in [0.5, 0.6) is 5.75 Å². The van der Waals surface area contributed by atoms with Crippen molar-refractivity contribution in [2.75, 3.05) is 12.4 Å². The first-order chi connectivity index (χ1) is 13.9. The molecule has 1 N–H and O–H groups in total. The number of nitrogens with one attached hydrogen (secondary N) is 1. The number of rotatable bonds is 4. The van der Waals surface area contributed by atoms with Gasteiger partial charge in [-0.15, -0.1) is 12.1 Å². The van der Waals surface area contributed by atoms with Gasteiger partial charge < -0.3 is 21.3 Å². The Morgan fingerprint density at radius 2 is 1.83 bits per heavy atom. The summed E-state index contributed by atoms with van der Waals surface area (Å²) >= 11 is 0. The van der Waals surface area contributed by atoms with Crippen molar-refractivity contribution in [1.29, 1.82) is 0 Å². The Hall–Kier alpha value is -1.11. The van der Waals surface area contributed by atoms with Crippen LogP contribution in [-0.2, 0) is 9.59 Å². The average molecular weight is 434 g/mol. The maximum Gasteiger partial charge on any atom is 1.00 e. The van der Waals surface area contributed by atoms with Crippen molar-refractivity contribution in [2.45, 2.75) is 46.5 Å². The van der Waals surface area contributed by atoms with E-state index < -0.39 is 0 Å². The van der Waals surface area contributed by atoms with Gasteiger partial charge in [-0.05, 0) is 30.8 Å². The third-order valence-corrected chi connectivity index (χ3v) is 4.88. The predicted octanol–water partition coefficient (Wildman–Crippen LogP) is 2.61. The van der Waals surface area contributed by atoms with Gasteiger partial charge in [0.25, 0.3) is 0 Å². The number of hydrogen-bond donors (Lipinski definition) is 1. The van der Waals surface area contributed by atoms with E-state index in [-0.39, 0.29) is 51.4 Å². The number of hydrogen-bond acceptors (Lipinski definition) is 3. The molecule has 5 heteroatoms. The molecule has 2 aromatic rings. The zero-order valence-electron chi connectivity index (χ0n) is 19.0. The molecular weight excluding hydrogens is 401 g/mol. The molecule has 1 aliphatic carbocycles. The summed E-state index contributed by atoms with van der Waals surface area (Å²) in [5.74, 6) is 1.78. The Labute approximate surface area is 224 Å². The van der Waals surface area contributed by atoms with E-state index in [9.17, 15) is 9.59 Å². The largest absolute Gasteiger partial charge is 1.00 e. The van der Waals surface area contributed by atoms with Crippen LogP contribution in [0, 0.1) is 33.1 Å². The summed E-state index contributed by atoms with van der Waals surface area (Å²) in [7, 11) is 1.60. The summed E-state index contributed by atoms with van der Waals surface area (Å²) in [5.41, 5.74) is 4.15. The average Bonchev–Trinajstić information content (AvgIpc) is 2.73. The molecule has 1 aliphatic rings. The molecule has 30 heavy (non-hydrogen) atoms. The van der Waals surface area contributed by atoms with Crippen LogP contribution in [0.2, 0.25) is 0 Å². The molecule has 3 rings (SSSR count). The number of aryl methyl sites for hydroxylation is 2. The molecule has 4 nitrogen and oxygen atoms in total. The number of carbonyl (C=O) groups is 1. The molecule has 2 aromatic carbocycles. The van der Waals surface area contributed by atoms with Crippen LogP contribution in [0.25, 0.3) is 0 Å². The maximum atomic E-state index is 10.2. The fraction of sp³-hybridized carbons (Fsp3) is 0.360. The van der Waals surface area contributed by atoms with E-state index in [1.807, 2.05) is 44.4 Å². The van der Waals surface area contributed by atoms with Crippen molar-refractivity contribution in [3.63, 3.8) is 0 Å². The van der Waals surface area contributed by atoms with Crippen molar-refractivity contribution < 1.29 is 65.7 Å². The number of ether oxygens (including phenoxy) is 1. The summed E-state index contributed by atoms with van der Waals surface area (Å²) < 4.78 is 5.08. The third-order valence-electron chi connectivity index (χ3n) is 4.88. The van der Waals surface area contributed by atoms with Crippen LogP contribution >= 0.6 is 0 Å². The van der Waals surface area contributed by atoms with E-state index in [1.165, 1.54) is 25.7 Å². The number of amides is 1. The van der Waals surface area contributed by atoms with Crippen LogP contribution in [0.3, 0.4) is 0 Å². The molecule has 1 amide bonds. The van der Waals surface area contributed by atoms with Gasteiger partial charge in [0.2, 0.25) is 6.41 Å². The smallest absolute Gasteiger partial charge is 0.496 e. The van der Waals surface area contributed by atoms with Crippen molar-refractivity contribution in [1.82, 2.24) is 0 Å². The Morgan fingerprint density at radius 3 is 2.30 bits per heavy atom. The second-order valence-electron chi connectivity index (χ2n) is 7.20. The molecule has 158 valence electrons. The third kappa shape index (κ3) is 10.8. The zero-order valence-corrected chi connectivity index (χ0v) is 22.1. The zero-order chi connectivity index (χ0) is 21.6. The van der Waals surface area contributed by atoms with Crippen molar-refractivity contribution >= 4 is 18.4 Å². The van der Waals surface area contributed by atoms with Crippen LogP contribution in [0.1, 0.15) is 54.9 Å². The molecular formula is C25H32KNO3-2. The molecule has 0 heterocycles. The fourth-order valence-corrected chi connectivity index (χ4v) is 2.87. The van der Waals surface area contributed by atoms with Gasteiger partial charge in [-0.25, -0.2) is 11.6 Å². The van der Waals surface area contributed by atoms with Gasteiger partial charge in [0.15, 0.2) is 0 Å². The van der Waals surface area contributed by atoms with Crippen molar-refractivity contribution in [3.8, 4) is 5.75 Å². The van der Waals surface area contributed by atoms with Gasteiger partial charge >= 0.3 is 51.4 Å². The van der Waals surface area contributed by atoms with Crippen LogP contribution in [-0.4, -0.2) is 19.8 Å². The van der Waals surface area contributed by atoms with Crippen molar-refractivity contribution in [3.05, 3.63) is 72.0 Å². The molecule has 1 fully saturated rings. The van der Waals surface area contributed by atoms with Crippen LogP contribution < -0.4 is 61.4 Å². The SMILES string of the molecule is CC1CC[CH-]CC1.COc1cc(NC=O)ccc1C.[CH2-]c1c(C)cccc1[C-]=O.[K+]. The Kier molecular flexibility index (Phi) is 15.9. The minimum Gasteiger partial charge on any atom is -0.496 e. The van der Waals surface area contributed by atoms with E-state index in [2.05, 4.69) is 25.6 Å². The van der Waals surface area contributed by atoms with E-state index >= 15 is 0 Å². The summed E-state index contributed by atoms with van der Waals surface area (Å²) in [4.78, 5) is 20.3. The normalized spacial score (nSPS) is 12.7. The van der Waals surface area contributed by atoms with Gasteiger partial charge in [-0.3, -0.25) is 22.8 Å². The minimum absolute atomic E-state index is 0. The summed E-state index contributed by atoms with van der Waals surface area (Å²) in [6, 6.07) is 11.0. The molecule has 0 saturated heterocycles. The van der Waals surface area contributed by atoms with E-state index in [1.54, 1.807) is 19.2 Å². The van der Waals surface area contributed by atoms with E-state index in [0.717, 1.165) is 34.0 Å². The van der Waals surface area contributed by atoms with Gasteiger partial charge in [0.1, 0.15) is 5.75 Å². The number of benzene rings is 2.